The highest BCUT2D eigenvalue weighted by Gasteiger charge is 2.18. The summed E-state index contributed by atoms with van der Waals surface area (Å²) in [5.41, 5.74) is 1.25. The maximum Gasteiger partial charge on any atom is 0.255 e. The van der Waals surface area contributed by atoms with Crippen molar-refractivity contribution >= 4 is 29.0 Å². The third-order valence-corrected chi connectivity index (χ3v) is 4.07. The first-order valence-electron chi connectivity index (χ1n) is 8.17. The average Bonchev–Trinajstić information content (AvgIpc) is 2.68. The predicted octanol–water partition coefficient (Wildman–Crippen LogP) is 3.94. The van der Waals surface area contributed by atoms with E-state index in [1.54, 1.807) is 24.3 Å². The number of alkyl halides is 1. The number of rotatable bonds is 9. The fraction of sp³-hybridized carbons (Fsp3) is 0.316. The number of pyridine rings is 1. The Balaban J connectivity index is 2.31. The van der Waals surface area contributed by atoms with Gasteiger partial charge in [0.1, 0.15) is 11.5 Å². The minimum atomic E-state index is -0.323. The van der Waals surface area contributed by atoms with Crippen LogP contribution in [0.25, 0.3) is 0 Å². The topological polar surface area (TPSA) is 77.5 Å². The summed E-state index contributed by atoms with van der Waals surface area (Å²) in [4.78, 5) is 28.8. The molecule has 1 aromatic heterocycles. The van der Waals surface area contributed by atoms with Crippen molar-refractivity contribution in [1.29, 1.82) is 0 Å². The number of hydrogen-bond acceptors (Lipinski definition) is 5. The second-order valence-corrected chi connectivity index (χ2v) is 5.89. The summed E-state index contributed by atoms with van der Waals surface area (Å²) in [6.07, 6.45) is 4.87. The monoisotopic (exact) mass is 376 g/mol. The van der Waals surface area contributed by atoms with Crippen molar-refractivity contribution in [2.24, 2.45) is 0 Å². The molecule has 0 aliphatic carbocycles. The Morgan fingerprint density at radius 3 is 2.38 bits per heavy atom. The SMILES string of the molecule is COc1cc(OC)c(C(=O)CCCCCl)cc1NC(=O)c1ccncc1. The van der Waals surface area contributed by atoms with Crippen molar-refractivity contribution in [1.82, 2.24) is 4.98 Å². The van der Waals surface area contributed by atoms with Crippen molar-refractivity contribution < 1.29 is 19.1 Å². The van der Waals surface area contributed by atoms with E-state index in [9.17, 15) is 9.59 Å². The lowest BCUT2D eigenvalue weighted by molar-refractivity contribution is 0.0974. The number of amides is 1. The number of Topliss-reactive ketones (excluding diaryl/α,β-unsaturated/α-hetero) is 1. The number of nitrogens with one attached hydrogen (secondary N) is 1. The first-order chi connectivity index (χ1) is 12.6. The normalized spacial score (nSPS) is 10.3. The number of hydrogen-bond donors (Lipinski definition) is 1. The van der Waals surface area contributed by atoms with Crippen molar-refractivity contribution in [2.75, 3.05) is 25.4 Å². The van der Waals surface area contributed by atoms with Gasteiger partial charge in [0.15, 0.2) is 5.78 Å². The van der Waals surface area contributed by atoms with Gasteiger partial charge in [-0.15, -0.1) is 11.6 Å². The van der Waals surface area contributed by atoms with Crippen LogP contribution in [0.5, 0.6) is 11.5 Å². The van der Waals surface area contributed by atoms with E-state index in [1.807, 2.05) is 0 Å². The van der Waals surface area contributed by atoms with Gasteiger partial charge < -0.3 is 14.8 Å². The number of methoxy groups -OCH3 is 2. The maximum atomic E-state index is 12.5. The average molecular weight is 377 g/mol. The number of aromatic nitrogens is 1. The summed E-state index contributed by atoms with van der Waals surface area (Å²) < 4.78 is 10.6. The van der Waals surface area contributed by atoms with Crippen LogP contribution in [0, 0.1) is 0 Å². The minimum absolute atomic E-state index is 0.0750. The number of benzene rings is 1. The third kappa shape index (κ3) is 4.95. The molecule has 1 amide bonds. The number of nitrogens with zero attached hydrogens (tertiary/aromatic N) is 1. The highest BCUT2D eigenvalue weighted by Crippen LogP contribution is 2.34. The van der Waals surface area contributed by atoms with E-state index in [0.29, 0.717) is 47.0 Å². The molecule has 0 bridgehead atoms. The molecule has 0 unspecified atom stereocenters. The lowest BCUT2D eigenvalue weighted by Crippen LogP contribution is -2.14. The van der Waals surface area contributed by atoms with Crippen LogP contribution in [0.3, 0.4) is 0 Å². The van der Waals surface area contributed by atoms with Gasteiger partial charge in [0.25, 0.3) is 5.91 Å². The van der Waals surface area contributed by atoms with E-state index in [-0.39, 0.29) is 11.7 Å². The highest BCUT2D eigenvalue weighted by atomic mass is 35.5. The fourth-order valence-electron chi connectivity index (χ4n) is 2.43. The van der Waals surface area contributed by atoms with E-state index >= 15 is 0 Å². The molecule has 0 spiro atoms. The third-order valence-electron chi connectivity index (χ3n) is 3.80. The quantitative estimate of drug-likeness (QED) is 0.407. The Morgan fingerprint density at radius 2 is 1.77 bits per heavy atom. The lowest BCUT2D eigenvalue weighted by atomic mass is 10.0. The smallest absolute Gasteiger partial charge is 0.255 e. The summed E-state index contributed by atoms with van der Waals surface area (Å²) in [6.45, 7) is 0. The minimum Gasteiger partial charge on any atom is -0.496 e. The van der Waals surface area contributed by atoms with Gasteiger partial charge in [-0.1, -0.05) is 0 Å². The van der Waals surface area contributed by atoms with Gasteiger partial charge in [-0.05, 0) is 31.0 Å². The molecule has 0 fully saturated rings. The number of ketones is 1. The van der Waals surface area contributed by atoms with Gasteiger partial charge in [0.2, 0.25) is 0 Å². The first-order valence-corrected chi connectivity index (χ1v) is 8.70. The molecule has 138 valence electrons. The van der Waals surface area contributed by atoms with Crippen LogP contribution in [0.2, 0.25) is 0 Å². The molecule has 0 saturated heterocycles. The molecule has 26 heavy (non-hydrogen) atoms. The fourth-order valence-corrected chi connectivity index (χ4v) is 2.62. The molecule has 0 aliphatic heterocycles. The number of anilines is 1. The van der Waals surface area contributed by atoms with Gasteiger partial charge >= 0.3 is 0 Å². The molecule has 2 rings (SSSR count). The Morgan fingerprint density at radius 1 is 1.08 bits per heavy atom. The first kappa shape index (κ1) is 19.7. The van der Waals surface area contributed by atoms with Crippen LogP contribution >= 0.6 is 11.6 Å². The molecule has 1 heterocycles. The Bertz CT molecular complexity index is 766. The van der Waals surface area contributed by atoms with Crippen LogP contribution in [0.4, 0.5) is 5.69 Å². The summed E-state index contributed by atoms with van der Waals surface area (Å²) in [5, 5.41) is 2.77. The molecule has 1 aromatic carbocycles. The molecule has 0 atom stereocenters. The number of carbonyl (C=O) groups excluding carboxylic acids is 2. The molecule has 0 radical (unpaired) electrons. The van der Waals surface area contributed by atoms with Crippen LogP contribution in [-0.4, -0.2) is 36.8 Å². The van der Waals surface area contributed by atoms with Crippen molar-refractivity contribution in [3.63, 3.8) is 0 Å². The van der Waals surface area contributed by atoms with Crippen LogP contribution < -0.4 is 14.8 Å². The highest BCUT2D eigenvalue weighted by molar-refractivity contribution is 6.17. The standard InChI is InChI=1S/C19H21ClN2O4/c1-25-17-12-18(26-2)15(11-14(17)16(23)5-3-4-8-20)22-19(24)13-6-9-21-10-7-13/h6-7,9-12H,3-5,8H2,1-2H3,(H,22,24). The molecule has 0 saturated carbocycles. The Kier molecular flexibility index (Phi) is 7.41. The van der Waals surface area contributed by atoms with E-state index < -0.39 is 0 Å². The molecular weight excluding hydrogens is 356 g/mol. The molecule has 7 heteroatoms. The van der Waals surface area contributed by atoms with E-state index in [1.165, 1.54) is 26.6 Å². The molecule has 6 nitrogen and oxygen atoms in total. The predicted molar refractivity (Wildman–Crippen MR) is 101 cm³/mol. The molecular formula is C19H21ClN2O4. The summed E-state index contributed by atoms with van der Waals surface area (Å²) in [7, 11) is 2.97. The van der Waals surface area contributed by atoms with Crippen molar-refractivity contribution in [3.05, 3.63) is 47.8 Å². The molecule has 1 N–H and O–H groups in total. The van der Waals surface area contributed by atoms with Gasteiger partial charge in [-0.3, -0.25) is 14.6 Å². The van der Waals surface area contributed by atoms with Crippen LogP contribution in [-0.2, 0) is 0 Å². The van der Waals surface area contributed by atoms with Gasteiger partial charge in [-0.25, -0.2) is 0 Å². The summed E-state index contributed by atoms with van der Waals surface area (Å²) in [5.74, 6) is 0.923. The van der Waals surface area contributed by atoms with E-state index in [0.717, 1.165) is 6.42 Å². The zero-order chi connectivity index (χ0) is 18.9. The summed E-state index contributed by atoms with van der Waals surface area (Å²) >= 11 is 5.67. The largest absolute Gasteiger partial charge is 0.496 e. The second-order valence-electron chi connectivity index (χ2n) is 5.51. The summed E-state index contributed by atoms with van der Waals surface area (Å²) in [6, 6.07) is 6.38. The molecule has 0 aliphatic rings. The Hall–Kier alpha value is -2.60. The zero-order valence-electron chi connectivity index (χ0n) is 14.8. The molecule has 2 aromatic rings. The Labute approximate surface area is 157 Å². The lowest BCUT2D eigenvalue weighted by Gasteiger charge is -2.15. The van der Waals surface area contributed by atoms with Gasteiger partial charge in [-0.2, -0.15) is 0 Å². The maximum absolute atomic E-state index is 12.5. The second kappa shape index (κ2) is 9.77. The van der Waals surface area contributed by atoms with E-state index in [4.69, 9.17) is 21.1 Å². The van der Waals surface area contributed by atoms with Crippen LogP contribution in [0.15, 0.2) is 36.7 Å². The van der Waals surface area contributed by atoms with Crippen molar-refractivity contribution in [3.8, 4) is 11.5 Å². The van der Waals surface area contributed by atoms with Crippen molar-refractivity contribution in [2.45, 2.75) is 19.3 Å². The van der Waals surface area contributed by atoms with Gasteiger partial charge in [0.05, 0.1) is 25.5 Å². The van der Waals surface area contributed by atoms with Crippen LogP contribution in [0.1, 0.15) is 40.0 Å². The number of unbranched alkanes of at least 4 members (excludes halogenated alkanes) is 1. The number of ether oxygens (including phenoxy) is 2. The van der Waals surface area contributed by atoms with E-state index in [2.05, 4.69) is 10.3 Å². The number of halogens is 1. The zero-order valence-corrected chi connectivity index (χ0v) is 15.5. The van der Waals surface area contributed by atoms with Gasteiger partial charge in [0, 0.05) is 36.3 Å². The number of carbonyl (C=O) groups is 2.